The molecule has 1 aromatic heterocycles. The van der Waals surface area contributed by atoms with Crippen LogP contribution in [0.15, 0.2) is 33.9 Å². The molecular weight excluding hydrogens is 484 g/mol. The molecule has 9 nitrogen and oxygen atoms in total. The van der Waals surface area contributed by atoms with Crippen LogP contribution in [0.1, 0.15) is 51.0 Å². The maximum Gasteiger partial charge on any atom is 0.329 e. The molecule has 0 radical (unpaired) electrons. The Kier molecular flexibility index (Phi) is 9.47. The normalized spacial score (nSPS) is 19.6. The number of nitrogens with one attached hydrogen (secondary N) is 1. The summed E-state index contributed by atoms with van der Waals surface area (Å²) in [6.45, 7) is 5.75. The Balaban J connectivity index is 1.59. The lowest BCUT2D eigenvalue weighted by molar-refractivity contribution is -0.162. The number of benzene rings is 1. The van der Waals surface area contributed by atoms with E-state index in [-0.39, 0.29) is 18.0 Å². The maximum atomic E-state index is 13.1. The molecule has 4 rings (SSSR count). The van der Waals surface area contributed by atoms with Crippen molar-refractivity contribution in [2.24, 2.45) is 7.05 Å². The molecule has 0 bridgehead atoms. The van der Waals surface area contributed by atoms with E-state index in [1.54, 1.807) is 11.6 Å². The summed E-state index contributed by atoms with van der Waals surface area (Å²) < 4.78 is 18.8. The van der Waals surface area contributed by atoms with E-state index >= 15 is 0 Å². The molecule has 1 saturated heterocycles. The van der Waals surface area contributed by atoms with Crippen LogP contribution in [0.25, 0.3) is 0 Å². The van der Waals surface area contributed by atoms with Crippen LogP contribution in [0.3, 0.4) is 0 Å². The van der Waals surface area contributed by atoms with E-state index in [4.69, 9.17) is 25.8 Å². The fraction of sp³-hybridized carbons (Fsp3) is 0.615. The van der Waals surface area contributed by atoms with Crippen molar-refractivity contribution in [3.8, 4) is 0 Å². The molecule has 0 aliphatic carbocycles. The summed E-state index contributed by atoms with van der Waals surface area (Å²) in [5, 5.41) is 0.664. The minimum Gasteiger partial charge on any atom is -0.382 e. The van der Waals surface area contributed by atoms with Gasteiger partial charge in [-0.15, -0.1) is 0 Å². The monoisotopic (exact) mass is 520 g/mol. The number of aromatic nitrogens is 2. The molecule has 0 spiro atoms. The molecule has 2 aromatic rings. The Morgan fingerprint density at radius 2 is 1.92 bits per heavy atom. The highest BCUT2D eigenvalue weighted by molar-refractivity contribution is 6.30. The molecule has 0 amide bonds. The Morgan fingerprint density at radius 1 is 1.11 bits per heavy atom. The molecule has 198 valence electrons. The first-order chi connectivity index (χ1) is 17.5. The number of rotatable bonds is 12. The first kappa shape index (κ1) is 26.7. The molecule has 2 aliphatic rings. The number of ether oxygens (including phenoxy) is 3. The number of anilines is 2. The fourth-order valence-electron chi connectivity index (χ4n) is 4.98. The van der Waals surface area contributed by atoms with Gasteiger partial charge in [0.1, 0.15) is 17.7 Å². The Labute approximate surface area is 216 Å². The second-order valence-corrected chi connectivity index (χ2v) is 9.71. The van der Waals surface area contributed by atoms with E-state index in [9.17, 15) is 9.59 Å². The summed E-state index contributed by atoms with van der Waals surface area (Å²) in [5.74, 6) is 0.646. The number of H-pyrrole nitrogens is 1. The standard InChI is InChI=1S/C26H37ClN4O5/c1-3-34-15-6-8-21-30(14-7-17-36-22-9-4-5-16-35-22)25-23(24(32)28-26(33)29(25)2)31(21)18-19-10-12-20(27)13-11-19/h10-13,21-22H,3-9,14-18H2,1-2H3,(H,28,32,33). The molecule has 2 atom stereocenters. The molecule has 0 saturated carbocycles. The smallest absolute Gasteiger partial charge is 0.329 e. The minimum atomic E-state index is -0.419. The van der Waals surface area contributed by atoms with Crippen molar-refractivity contribution in [3.63, 3.8) is 0 Å². The van der Waals surface area contributed by atoms with Crippen molar-refractivity contribution in [2.75, 3.05) is 42.8 Å². The largest absolute Gasteiger partial charge is 0.382 e. The van der Waals surface area contributed by atoms with Gasteiger partial charge < -0.3 is 24.0 Å². The van der Waals surface area contributed by atoms with E-state index in [0.717, 1.165) is 50.7 Å². The third-order valence-electron chi connectivity index (χ3n) is 6.75. The van der Waals surface area contributed by atoms with E-state index in [2.05, 4.69) is 14.8 Å². The van der Waals surface area contributed by atoms with Gasteiger partial charge in [0.15, 0.2) is 6.29 Å². The number of fused-ring (bicyclic) bond motifs is 1. The highest BCUT2D eigenvalue weighted by atomic mass is 35.5. The lowest BCUT2D eigenvalue weighted by Crippen LogP contribution is -2.44. The first-order valence-electron chi connectivity index (χ1n) is 12.9. The summed E-state index contributed by atoms with van der Waals surface area (Å²) in [6, 6.07) is 7.64. The molecule has 36 heavy (non-hydrogen) atoms. The van der Waals surface area contributed by atoms with Gasteiger partial charge in [-0.1, -0.05) is 23.7 Å². The molecule has 1 N–H and O–H groups in total. The second kappa shape index (κ2) is 12.8. The van der Waals surface area contributed by atoms with Crippen molar-refractivity contribution in [2.45, 2.75) is 64.4 Å². The summed E-state index contributed by atoms with van der Waals surface area (Å²) in [5.41, 5.74) is 0.765. The van der Waals surface area contributed by atoms with Crippen LogP contribution in [-0.2, 0) is 27.8 Å². The van der Waals surface area contributed by atoms with Crippen LogP contribution in [-0.4, -0.2) is 55.0 Å². The maximum absolute atomic E-state index is 13.1. The zero-order valence-electron chi connectivity index (χ0n) is 21.2. The van der Waals surface area contributed by atoms with Gasteiger partial charge in [0, 0.05) is 45.0 Å². The van der Waals surface area contributed by atoms with Gasteiger partial charge >= 0.3 is 5.69 Å². The van der Waals surface area contributed by atoms with E-state index in [1.165, 1.54) is 0 Å². The van der Waals surface area contributed by atoms with Crippen LogP contribution in [0.2, 0.25) is 5.02 Å². The quantitative estimate of drug-likeness (QED) is 0.427. The Morgan fingerprint density at radius 3 is 2.64 bits per heavy atom. The molecule has 3 heterocycles. The predicted molar refractivity (Wildman–Crippen MR) is 141 cm³/mol. The molecule has 2 unspecified atom stereocenters. The van der Waals surface area contributed by atoms with Gasteiger partial charge in [-0.25, -0.2) is 4.79 Å². The van der Waals surface area contributed by atoms with Crippen molar-refractivity contribution >= 4 is 23.1 Å². The van der Waals surface area contributed by atoms with Gasteiger partial charge in [-0.2, -0.15) is 0 Å². The van der Waals surface area contributed by atoms with Crippen LogP contribution in [0, 0.1) is 0 Å². The third kappa shape index (κ3) is 6.32. The average Bonchev–Trinajstić information content (AvgIpc) is 3.18. The van der Waals surface area contributed by atoms with Gasteiger partial charge in [0.05, 0.1) is 6.61 Å². The summed E-state index contributed by atoms with van der Waals surface area (Å²) in [7, 11) is 1.71. The highest BCUT2D eigenvalue weighted by Crippen LogP contribution is 2.38. The van der Waals surface area contributed by atoms with Gasteiger partial charge in [0.2, 0.25) is 0 Å². The second-order valence-electron chi connectivity index (χ2n) is 9.28. The highest BCUT2D eigenvalue weighted by Gasteiger charge is 2.39. The summed E-state index contributed by atoms with van der Waals surface area (Å²) in [6.07, 6.45) is 5.25. The van der Waals surface area contributed by atoms with Crippen molar-refractivity contribution in [3.05, 3.63) is 55.7 Å². The molecule has 2 aliphatic heterocycles. The predicted octanol–water partition coefficient (Wildman–Crippen LogP) is 3.63. The van der Waals surface area contributed by atoms with Crippen molar-refractivity contribution in [1.82, 2.24) is 9.55 Å². The van der Waals surface area contributed by atoms with E-state index < -0.39 is 5.69 Å². The number of hydrogen-bond donors (Lipinski definition) is 1. The van der Waals surface area contributed by atoms with Gasteiger partial charge in [-0.3, -0.25) is 14.3 Å². The average molecular weight is 521 g/mol. The van der Waals surface area contributed by atoms with E-state index in [0.29, 0.717) is 49.4 Å². The van der Waals surface area contributed by atoms with Crippen LogP contribution in [0.5, 0.6) is 0 Å². The fourth-order valence-corrected chi connectivity index (χ4v) is 5.11. The van der Waals surface area contributed by atoms with E-state index in [1.807, 2.05) is 31.2 Å². The van der Waals surface area contributed by atoms with Crippen LogP contribution < -0.4 is 21.0 Å². The number of aromatic amines is 1. The van der Waals surface area contributed by atoms with Crippen LogP contribution in [0.4, 0.5) is 11.5 Å². The molecular formula is C26H37ClN4O5. The number of halogens is 1. The lowest BCUT2D eigenvalue weighted by atomic mass is 10.1. The topological polar surface area (TPSA) is 89.0 Å². The summed E-state index contributed by atoms with van der Waals surface area (Å²) >= 11 is 6.10. The third-order valence-corrected chi connectivity index (χ3v) is 7.01. The Hall–Kier alpha value is -2.33. The summed E-state index contributed by atoms with van der Waals surface area (Å²) in [4.78, 5) is 32.5. The zero-order chi connectivity index (χ0) is 25.5. The number of nitrogens with zero attached hydrogens (tertiary/aromatic N) is 3. The molecule has 1 aromatic carbocycles. The SMILES string of the molecule is CCOCCCC1N(Cc2ccc(Cl)cc2)c2c(n(C)c(=O)[nH]c2=O)N1CCCOC1CCCCO1. The minimum absolute atomic E-state index is 0.101. The Bertz CT molecular complexity index is 1100. The van der Waals surface area contributed by atoms with Crippen LogP contribution >= 0.6 is 11.6 Å². The van der Waals surface area contributed by atoms with Gasteiger partial charge in [0.25, 0.3) is 5.56 Å². The number of hydrogen-bond acceptors (Lipinski definition) is 7. The zero-order valence-corrected chi connectivity index (χ0v) is 22.0. The lowest BCUT2D eigenvalue weighted by Gasteiger charge is -2.33. The van der Waals surface area contributed by atoms with Crippen molar-refractivity contribution in [1.29, 1.82) is 0 Å². The molecule has 1 fully saturated rings. The first-order valence-corrected chi connectivity index (χ1v) is 13.3. The molecule has 10 heteroatoms. The van der Waals surface area contributed by atoms with Gasteiger partial charge in [-0.05, 0) is 63.1 Å². The van der Waals surface area contributed by atoms with Crippen molar-refractivity contribution < 1.29 is 14.2 Å².